The maximum absolute atomic E-state index is 13.1. The summed E-state index contributed by atoms with van der Waals surface area (Å²) >= 11 is 0. The Bertz CT molecular complexity index is 385. The monoisotopic (exact) mass is 210 g/mol. The smallest absolute Gasteiger partial charge is 0.380 e. The Kier molecular flexibility index (Phi) is 3.55. The van der Waals surface area contributed by atoms with Crippen molar-refractivity contribution in [2.24, 2.45) is 0 Å². The van der Waals surface area contributed by atoms with Crippen LogP contribution in [0, 0.1) is 5.82 Å². The van der Waals surface area contributed by atoms with Crippen LogP contribution in [0.5, 0.6) is 0 Å². The molecule has 1 aromatic carbocycles. The molecule has 0 N–H and O–H groups in total. The second-order valence-electron chi connectivity index (χ2n) is 3.26. The van der Waals surface area contributed by atoms with Crippen molar-refractivity contribution in [3.63, 3.8) is 0 Å². The van der Waals surface area contributed by atoms with E-state index in [1.165, 1.54) is 18.2 Å². The molecule has 0 radical (unpaired) electrons. The van der Waals surface area contributed by atoms with E-state index < -0.39 is 23.7 Å². The van der Waals surface area contributed by atoms with E-state index in [1.807, 2.05) is 0 Å². The van der Waals surface area contributed by atoms with Gasteiger partial charge in [0, 0.05) is 0 Å². The van der Waals surface area contributed by atoms with Gasteiger partial charge in [-0.25, -0.2) is 9.18 Å². The van der Waals surface area contributed by atoms with E-state index in [1.54, 1.807) is 13.8 Å². The minimum atomic E-state index is -1.03. The highest BCUT2D eigenvalue weighted by atomic mass is 19.1. The lowest BCUT2D eigenvalue weighted by molar-refractivity contribution is -0.141. The van der Waals surface area contributed by atoms with Gasteiger partial charge in [0.2, 0.25) is 0 Å². The molecule has 3 nitrogen and oxygen atoms in total. The molecule has 0 saturated heterocycles. The molecule has 0 unspecified atom stereocenters. The average molecular weight is 210 g/mol. The number of halogens is 1. The fraction of sp³-hybridized carbons (Fsp3) is 0.273. The standard InChI is InChI=1S/C11H11FO3/c1-7(2)15-11(14)10(13)8-5-3-4-6-9(8)12/h3-7H,1-2H3. The maximum atomic E-state index is 13.1. The van der Waals surface area contributed by atoms with Gasteiger partial charge in [-0.15, -0.1) is 0 Å². The van der Waals surface area contributed by atoms with E-state index in [0.29, 0.717) is 0 Å². The van der Waals surface area contributed by atoms with Crippen molar-refractivity contribution in [1.29, 1.82) is 0 Å². The average Bonchev–Trinajstić information content (AvgIpc) is 2.16. The highest BCUT2D eigenvalue weighted by Crippen LogP contribution is 2.08. The SMILES string of the molecule is CC(C)OC(=O)C(=O)c1ccccc1F. The first-order valence-electron chi connectivity index (χ1n) is 4.52. The van der Waals surface area contributed by atoms with Crippen molar-refractivity contribution < 1.29 is 18.7 Å². The van der Waals surface area contributed by atoms with Crippen molar-refractivity contribution in [2.75, 3.05) is 0 Å². The number of Topliss-reactive ketones (excluding diaryl/α,β-unsaturated/α-hetero) is 1. The van der Waals surface area contributed by atoms with E-state index in [2.05, 4.69) is 4.74 Å². The Hall–Kier alpha value is -1.71. The fourth-order valence-corrected chi connectivity index (χ4v) is 1.02. The molecule has 0 aromatic heterocycles. The lowest BCUT2D eigenvalue weighted by atomic mass is 10.1. The number of hydrogen-bond donors (Lipinski definition) is 0. The first-order valence-corrected chi connectivity index (χ1v) is 4.52. The molecule has 0 atom stereocenters. The largest absolute Gasteiger partial charge is 0.457 e. The maximum Gasteiger partial charge on any atom is 0.380 e. The third kappa shape index (κ3) is 2.87. The number of ketones is 1. The van der Waals surface area contributed by atoms with Gasteiger partial charge in [-0.3, -0.25) is 4.79 Å². The van der Waals surface area contributed by atoms with Crippen molar-refractivity contribution in [3.8, 4) is 0 Å². The summed E-state index contributed by atoms with van der Waals surface area (Å²) in [5, 5.41) is 0. The van der Waals surface area contributed by atoms with E-state index in [4.69, 9.17) is 0 Å². The molecule has 0 amide bonds. The molecule has 0 aliphatic rings. The van der Waals surface area contributed by atoms with E-state index in [-0.39, 0.29) is 5.56 Å². The summed E-state index contributed by atoms with van der Waals surface area (Å²) in [6.07, 6.45) is -0.395. The van der Waals surface area contributed by atoms with Crippen LogP contribution in [0.4, 0.5) is 4.39 Å². The van der Waals surface area contributed by atoms with Crippen LogP contribution in [0.3, 0.4) is 0 Å². The second kappa shape index (κ2) is 4.68. The van der Waals surface area contributed by atoms with Crippen LogP contribution < -0.4 is 0 Å². The number of carbonyl (C=O) groups is 2. The van der Waals surface area contributed by atoms with Gasteiger partial charge in [0.25, 0.3) is 5.78 Å². The molecule has 4 heteroatoms. The Morgan fingerprint density at radius 3 is 2.40 bits per heavy atom. The third-order valence-corrected chi connectivity index (χ3v) is 1.65. The Morgan fingerprint density at radius 1 is 1.27 bits per heavy atom. The minimum absolute atomic E-state index is 0.261. The molecule has 80 valence electrons. The van der Waals surface area contributed by atoms with Crippen LogP contribution >= 0.6 is 0 Å². The Morgan fingerprint density at radius 2 is 1.87 bits per heavy atom. The topological polar surface area (TPSA) is 43.4 Å². The molecule has 0 aliphatic heterocycles. The van der Waals surface area contributed by atoms with E-state index in [0.717, 1.165) is 6.07 Å². The van der Waals surface area contributed by atoms with Gasteiger partial charge in [-0.2, -0.15) is 0 Å². The van der Waals surface area contributed by atoms with Gasteiger partial charge in [-0.1, -0.05) is 12.1 Å². The molecule has 0 heterocycles. The van der Waals surface area contributed by atoms with Crippen molar-refractivity contribution >= 4 is 11.8 Å². The predicted molar refractivity (Wildman–Crippen MR) is 52.0 cm³/mol. The van der Waals surface area contributed by atoms with E-state index >= 15 is 0 Å². The predicted octanol–water partition coefficient (Wildman–Crippen LogP) is 1.96. The van der Waals surface area contributed by atoms with Gasteiger partial charge >= 0.3 is 5.97 Å². The summed E-state index contributed by atoms with van der Waals surface area (Å²) in [7, 11) is 0. The molecular weight excluding hydrogens is 199 g/mol. The molecule has 0 fully saturated rings. The van der Waals surface area contributed by atoms with Crippen molar-refractivity contribution in [3.05, 3.63) is 35.6 Å². The molecular formula is C11H11FO3. The molecule has 0 aliphatic carbocycles. The molecule has 15 heavy (non-hydrogen) atoms. The molecule has 1 aromatic rings. The summed E-state index contributed by atoms with van der Waals surface area (Å²) in [6, 6.07) is 5.30. The molecule has 0 spiro atoms. The van der Waals surface area contributed by atoms with Crippen molar-refractivity contribution in [1.82, 2.24) is 0 Å². The van der Waals surface area contributed by atoms with Crippen LogP contribution in [0.25, 0.3) is 0 Å². The first-order chi connectivity index (χ1) is 7.02. The summed E-state index contributed by atoms with van der Waals surface area (Å²) < 4.78 is 17.8. The highest BCUT2D eigenvalue weighted by molar-refractivity contribution is 6.40. The summed E-state index contributed by atoms with van der Waals surface area (Å²) in [5.41, 5.74) is -0.261. The van der Waals surface area contributed by atoms with Gasteiger partial charge < -0.3 is 4.74 Å². The number of benzene rings is 1. The third-order valence-electron chi connectivity index (χ3n) is 1.65. The Balaban J connectivity index is 2.86. The van der Waals surface area contributed by atoms with Crippen molar-refractivity contribution in [2.45, 2.75) is 20.0 Å². The lowest BCUT2D eigenvalue weighted by Gasteiger charge is -2.06. The van der Waals surface area contributed by atoms with Gasteiger partial charge in [0.05, 0.1) is 11.7 Å². The highest BCUT2D eigenvalue weighted by Gasteiger charge is 2.21. The van der Waals surface area contributed by atoms with Crippen LogP contribution in [-0.4, -0.2) is 17.9 Å². The summed E-state index contributed by atoms with van der Waals surface area (Å²) in [4.78, 5) is 22.6. The molecule has 0 saturated carbocycles. The summed E-state index contributed by atoms with van der Waals surface area (Å²) in [6.45, 7) is 3.24. The lowest BCUT2D eigenvalue weighted by Crippen LogP contribution is -2.22. The zero-order chi connectivity index (χ0) is 11.4. The number of esters is 1. The number of rotatable bonds is 3. The van der Waals surface area contributed by atoms with E-state index in [9.17, 15) is 14.0 Å². The van der Waals surface area contributed by atoms with Gasteiger partial charge in [-0.05, 0) is 26.0 Å². The normalized spacial score (nSPS) is 10.1. The summed E-state index contributed by atoms with van der Waals surface area (Å²) in [5.74, 6) is -2.71. The van der Waals surface area contributed by atoms with Crippen LogP contribution in [-0.2, 0) is 9.53 Å². The van der Waals surface area contributed by atoms with Gasteiger partial charge in [0.15, 0.2) is 0 Å². The molecule has 1 rings (SSSR count). The molecule has 0 bridgehead atoms. The number of hydrogen-bond acceptors (Lipinski definition) is 3. The zero-order valence-corrected chi connectivity index (χ0v) is 8.49. The fourth-order valence-electron chi connectivity index (χ4n) is 1.02. The van der Waals surface area contributed by atoms with Crippen LogP contribution in [0.1, 0.15) is 24.2 Å². The van der Waals surface area contributed by atoms with Gasteiger partial charge in [0.1, 0.15) is 5.82 Å². The second-order valence-corrected chi connectivity index (χ2v) is 3.26. The quantitative estimate of drug-likeness (QED) is 0.435. The first kappa shape index (κ1) is 11.4. The number of ether oxygens (including phenoxy) is 1. The zero-order valence-electron chi connectivity index (χ0n) is 8.49. The number of carbonyl (C=O) groups excluding carboxylic acids is 2. The van der Waals surface area contributed by atoms with Crippen LogP contribution in [0.15, 0.2) is 24.3 Å². The van der Waals surface area contributed by atoms with Crippen LogP contribution in [0.2, 0.25) is 0 Å². The minimum Gasteiger partial charge on any atom is -0.457 e. The Labute approximate surface area is 86.9 Å².